The number of morpholine rings is 1. The predicted octanol–water partition coefficient (Wildman–Crippen LogP) is 0.710. The first-order chi connectivity index (χ1) is 8.63. The van der Waals surface area contributed by atoms with Gasteiger partial charge < -0.3 is 20.6 Å². The minimum Gasteiger partial charge on any atom is -0.409 e. The second kappa shape index (κ2) is 5.22. The van der Waals surface area contributed by atoms with Crippen LogP contribution in [0.2, 0.25) is 0 Å². The van der Waals surface area contributed by atoms with E-state index in [1.807, 2.05) is 19.1 Å². The van der Waals surface area contributed by atoms with Crippen molar-refractivity contribution in [3.05, 3.63) is 23.4 Å². The zero-order valence-electron chi connectivity index (χ0n) is 10.6. The summed E-state index contributed by atoms with van der Waals surface area (Å²) in [7, 11) is 0. The Morgan fingerprint density at radius 1 is 1.61 bits per heavy atom. The number of aromatic nitrogens is 1. The Hall–Kier alpha value is -1.82. The van der Waals surface area contributed by atoms with Crippen LogP contribution in [0.5, 0.6) is 0 Å². The van der Waals surface area contributed by atoms with Crippen LogP contribution in [0.1, 0.15) is 18.2 Å². The first kappa shape index (κ1) is 12.6. The molecule has 0 radical (unpaired) electrons. The summed E-state index contributed by atoms with van der Waals surface area (Å²) in [6, 6.07) is 3.90. The van der Waals surface area contributed by atoms with Crippen LogP contribution in [0.25, 0.3) is 0 Å². The van der Waals surface area contributed by atoms with Gasteiger partial charge in [-0.05, 0) is 26.0 Å². The number of hydrogen-bond donors (Lipinski definition) is 2. The average Bonchev–Trinajstić information content (AvgIpc) is 2.38. The average molecular weight is 250 g/mol. The Morgan fingerprint density at radius 2 is 2.39 bits per heavy atom. The molecule has 0 spiro atoms. The number of aryl methyl sites for hydroxylation is 1. The molecule has 0 aromatic carbocycles. The predicted molar refractivity (Wildman–Crippen MR) is 69.1 cm³/mol. The van der Waals surface area contributed by atoms with Crippen LogP contribution < -0.4 is 10.6 Å². The summed E-state index contributed by atoms with van der Waals surface area (Å²) in [5.41, 5.74) is 7.25. The smallest absolute Gasteiger partial charge is 0.173 e. The van der Waals surface area contributed by atoms with Crippen LogP contribution in [0, 0.1) is 6.92 Å². The van der Waals surface area contributed by atoms with Crippen molar-refractivity contribution in [1.29, 1.82) is 0 Å². The maximum atomic E-state index is 8.84. The minimum atomic E-state index is 0.0798. The van der Waals surface area contributed by atoms with Crippen LogP contribution in [0.15, 0.2) is 17.3 Å². The van der Waals surface area contributed by atoms with Crippen molar-refractivity contribution < 1.29 is 9.94 Å². The van der Waals surface area contributed by atoms with Gasteiger partial charge in [0.2, 0.25) is 0 Å². The van der Waals surface area contributed by atoms with E-state index < -0.39 is 0 Å². The molecule has 1 aliphatic heterocycles. The normalized spacial score (nSPS) is 21.1. The second-order valence-electron chi connectivity index (χ2n) is 4.43. The number of hydrogen-bond acceptors (Lipinski definition) is 5. The van der Waals surface area contributed by atoms with Crippen molar-refractivity contribution >= 4 is 11.7 Å². The van der Waals surface area contributed by atoms with Gasteiger partial charge in [0, 0.05) is 12.2 Å². The van der Waals surface area contributed by atoms with Gasteiger partial charge in [0.1, 0.15) is 5.82 Å². The van der Waals surface area contributed by atoms with Crippen molar-refractivity contribution in [3.63, 3.8) is 0 Å². The van der Waals surface area contributed by atoms with Gasteiger partial charge >= 0.3 is 0 Å². The van der Waals surface area contributed by atoms with Gasteiger partial charge in [-0.25, -0.2) is 4.98 Å². The fourth-order valence-electron chi connectivity index (χ4n) is 2.06. The van der Waals surface area contributed by atoms with Gasteiger partial charge in [-0.2, -0.15) is 0 Å². The molecule has 1 aromatic heterocycles. The van der Waals surface area contributed by atoms with E-state index in [1.54, 1.807) is 0 Å². The number of nitrogens with zero attached hydrogens (tertiary/aromatic N) is 3. The first-order valence-corrected chi connectivity index (χ1v) is 5.93. The highest BCUT2D eigenvalue weighted by Gasteiger charge is 2.23. The van der Waals surface area contributed by atoms with Crippen LogP contribution in [0.4, 0.5) is 5.82 Å². The van der Waals surface area contributed by atoms with Gasteiger partial charge in [0.15, 0.2) is 5.84 Å². The molecule has 1 aliphatic rings. The molecule has 1 unspecified atom stereocenters. The molecule has 18 heavy (non-hydrogen) atoms. The molecular weight excluding hydrogens is 232 g/mol. The van der Waals surface area contributed by atoms with Crippen LogP contribution >= 0.6 is 0 Å². The zero-order valence-corrected chi connectivity index (χ0v) is 10.6. The lowest BCUT2D eigenvalue weighted by Gasteiger charge is -2.35. The standard InChI is InChI=1S/C12H18N4O2/c1-8-3-4-10(11(13)15-17)12(14-8)16-5-6-18-7-9(16)2/h3-4,9,17H,5-7H2,1-2H3,(H2,13,15). The zero-order chi connectivity index (χ0) is 13.1. The number of anilines is 1. The summed E-state index contributed by atoms with van der Waals surface area (Å²) in [6.07, 6.45) is 0. The van der Waals surface area contributed by atoms with Crippen LogP contribution in [-0.2, 0) is 4.74 Å². The summed E-state index contributed by atoms with van der Waals surface area (Å²) < 4.78 is 5.41. The Bertz CT molecular complexity index is 461. The van der Waals surface area contributed by atoms with E-state index in [1.165, 1.54) is 0 Å². The molecule has 1 aromatic rings. The molecule has 0 bridgehead atoms. The fourth-order valence-corrected chi connectivity index (χ4v) is 2.06. The SMILES string of the molecule is Cc1ccc(C(N)=NO)c(N2CCOCC2C)n1. The van der Waals surface area contributed by atoms with E-state index in [-0.39, 0.29) is 11.9 Å². The Morgan fingerprint density at radius 3 is 3.06 bits per heavy atom. The van der Waals surface area contributed by atoms with Gasteiger partial charge in [-0.3, -0.25) is 0 Å². The van der Waals surface area contributed by atoms with Gasteiger partial charge in [-0.1, -0.05) is 5.16 Å². The number of oxime groups is 1. The lowest BCUT2D eigenvalue weighted by Crippen LogP contribution is -2.45. The van der Waals surface area contributed by atoms with Crippen molar-refractivity contribution in [2.75, 3.05) is 24.7 Å². The molecule has 0 saturated carbocycles. The summed E-state index contributed by atoms with van der Waals surface area (Å²) in [5, 5.41) is 11.9. The Balaban J connectivity index is 2.44. The van der Waals surface area contributed by atoms with E-state index in [9.17, 15) is 0 Å². The quantitative estimate of drug-likeness (QED) is 0.349. The molecule has 98 valence electrons. The van der Waals surface area contributed by atoms with Crippen LogP contribution in [-0.4, -0.2) is 41.8 Å². The van der Waals surface area contributed by atoms with E-state index >= 15 is 0 Å². The minimum absolute atomic E-state index is 0.0798. The number of ether oxygens (including phenoxy) is 1. The molecule has 6 nitrogen and oxygen atoms in total. The first-order valence-electron chi connectivity index (χ1n) is 5.93. The molecular formula is C12H18N4O2. The molecule has 0 aliphatic carbocycles. The highest BCUT2D eigenvalue weighted by atomic mass is 16.5. The molecule has 1 saturated heterocycles. The lowest BCUT2D eigenvalue weighted by molar-refractivity contribution is 0.0985. The van der Waals surface area contributed by atoms with E-state index in [4.69, 9.17) is 15.7 Å². The monoisotopic (exact) mass is 250 g/mol. The molecule has 2 rings (SSSR count). The summed E-state index contributed by atoms with van der Waals surface area (Å²) in [5.74, 6) is 0.831. The summed E-state index contributed by atoms with van der Waals surface area (Å²) in [4.78, 5) is 6.64. The molecule has 2 heterocycles. The third kappa shape index (κ3) is 2.38. The molecule has 0 amide bonds. The fraction of sp³-hybridized carbons (Fsp3) is 0.500. The number of nitrogens with two attached hydrogens (primary N) is 1. The van der Waals surface area contributed by atoms with E-state index in [0.717, 1.165) is 18.1 Å². The second-order valence-corrected chi connectivity index (χ2v) is 4.43. The third-order valence-electron chi connectivity index (χ3n) is 3.04. The molecule has 1 fully saturated rings. The maximum absolute atomic E-state index is 8.84. The third-order valence-corrected chi connectivity index (χ3v) is 3.04. The van der Waals surface area contributed by atoms with Crippen molar-refractivity contribution in [1.82, 2.24) is 4.98 Å². The van der Waals surface area contributed by atoms with Crippen LogP contribution in [0.3, 0.4) is 0 Å². The lowest BCUT2D eigenvalue weighted by atomic mass is 10.1. The van der Waals surface area contributed by atoms with Crippen molar-refractivity contribution in [2.45, 2.75) is 19.9 Å². The summed E-state index contributed by atoms with van der Waals surface area (Å²) in [6.45, 7) is 6.06. The number of amidine groups is 1. The highest BCUT2D eigenvalue weighted by Crippen LogP contribution is 2.22. The summed E-state index contributed by atoms with van der Waals surface area (Å²) >= 11 is 0. The van der Waals surface area contributed by atoms with Gasteiger partial charge in [-0.15, -0.1) is 0 Å². The molecule has 6 heteroatoms. The van der Waals surface area contributed by atoms with E-state index in [0.29, 0.717) is 18.8 Å². The molecule has 3 N–H and O–H groups in total. The number of rotatable bonds is 2. The van der Waals surface area contributed by atoms with Crippen molar-refractivity contribution in [2.24, 2.45) is 10.9 Å². The Kier molecular flexibility index (Phi) is 3.66. The maximum Gasteiger partial charge on any atom is 0.173 e. The molecule has 1 atom stereocenters. The largest absolute Gasteiger partial charge is 0.409 e. The van der Waals surface area contributed by atoms with Crippen molar-refractivity contribution in [3.8, 4) is 0 Å². The Labute approximate surface area is 106 Å². The topological polar surface area (TPSA) is 84.0 Å². The van der Waals surface area contributed by atoms with Gasteiger partial charge in [0.25, 0.3) is 0 Å². The van der Waals surface area contributed by atoms with Gasteiger partial charge in [0.05, 0.1) is 24.8 Å². The highest BCUT2D eigenvalue weighted by molar-refractivity contribution is 6.01. The van der Waals surface area contributed by atoms with E-state index in [2.05, 4.69) is 22.0 Å². The number of pyridine rings is 1.